The fourth-order valence-electron chi connectivity index (χ4n) is 3.03. The van der Waals surface area contributed by atoms with Crippen LogP contribution >= 0.6 is 23.2 Å². The second-order valence-corrected chi connectivity index (χ2v) is 7.26. The Kier molecular flexibility index (Phi) is 6.48. The number of carbonyl (C=O) groups is 1. The Morgan fingerprint density at radius 1 is 1.00 bits per heavy atom. The average molecular weight is 396 g/mol. The summed E-state index contributed by atoms with van der Waals surface area (Å²) < 4.78 is 13.3. The summed E-state index contributed by atoms with van der Waals surface area (Å²) in [5.41, 5.74) is 1.56. The van der Waals surface area contributed by atoms with E-state index in [4.69, 9.17) is 23.2 Å². The Balaban J connectivity index is 1.45. The van der Waals surface area contributed by atoms with Crippen molar-refractivity contribution in [1.29, 1.82) is 0 Å². The normalized spacial score (nSPS) is 15.8. The van der Waals surface area contributed by atoms with E-state index < -0.39 is 5.82 Å². The first-order valence-electron chi connectivity index (χ1n) is 8.43. The molecule has 0 aliphatic carbocycles. The Bertz CT molecular complexity index is 759. The van der Waals surface area contributed by atoms with Gasteiger partial charge in [-0.1, -0.05) is 35.3 Å². The minimum Gasteiger partial charge on any atom is -0.325 e. The summed E-state index contributed by atoms with van der Waals surface area (Å²) in [6.45, 7) is 4.49. The van der Waals surface area contributed by atoms with E-state index in [9.17, 15) is 9.18 Å². The highest BCUT2D eigenvalue weighted by molar-refractivity contribution is 6.31. The summed E-state index contributed by atoms with van der Waals surface area (Å²) >= 11 is 11.8. The first-order chi connectivity index (χ1) is 12.5. The van der Waals surface area contributed by atoms with Crippen LogP contribution in [0.5, 0.6) is 0 Å². The predicted octanol–water partition coefficient (Wildman–Crippen LogP) is 3.89. The first kappa shape index (κ1) is 19.1. The van der Waals surface area contributed by atoms with E-state index >= 15 is 0 Å². The Morgan fingerprint density at radius 2 is 1.73 bits per heavy atom. The van der Waals surface area contributed by atoms with Crippen LogP contribution in [0.1, 0.15) is 5.56 Å². The number of carbonyl (C=O) groups excluding carboxylic acids is 1. The zero-order valence-electron chi connectivity index (χ0n) is 14.2. The third-order valence-corrected chi connectivity index (χ3v) is 4.73. The van der Waals surface area contributed by atoms with Crippen LogP contribution in [0.4, 0.5) is 10.1 Å². The van der Waals surface area contributed by atoms with Crippen molar-refractivity contribution >= 4 is 34.8 Å². The molecule has 1 fully saturated rings. The summed E-state index contributed by atoms with van der Waals surface area (Å²) in [7, 11) is 0. The van der Waals surface area contributed by atoms with E-state index in [0.717, 1.165) is 37.7 Å². The van der Waals surface area contributed by atoms with Gasteiger partial charge in [0.2, 0.25) is 5.91 Å². The number of amides is 1. The highest BCUT2D eigenvalue weighted by Crippen LogP contribution is 2.18. The van der Waals surface area contributed by atoms with Gasteiger partial charge < -0.3 is 5.32 Å². The van der Waals surface area contributed by atoms with Crippen LogP contribution in [0.15, 0.2) is 42.5 Å². The third kappa shape index (κ3) is 5.68. The quantitative estimate of drug-likeness (QED) is 0.833. The molecule has 0 atom stereocenters. The Hall–Kier alpha value is -1.66. The number of hydrogen-bond acceptors (Lipinski definition) is 3. The van der Waals surface area contributed by atoms with Crippen molar-refractivity contribution in [2.75, 3.05) is 38.0 Å². The van der Waals surface area contributed by atoms with Crippen LogP contribution < -0.4 is 5.32 Å². The van der Waals surface area contributed by atoms with Gasteiger partial charge in [0.25, 0.3) is 0 Å². The molecule has 2 aromatic rings. The van der Waals surface area contributed by atoms with Crippen molar-refractivity contribution in [3.05, 3.63) is 63.9 Å². The smallest absolute Gasteiger partial charge is 0.238 e. The lowest BCUT2D eigenvalue weighted by molar-refractivity contribution is -0.117. The molecule has 26 heavy (non-hydrogen) atoms. The average Bonchev–Trinajstić information content (AvgIpc) is 2.55. The molecule has 7 heteroatoms. The van der Waals surface area contributed by atoms with Gasteiger partial charge in [-0.25, -0.2) is 4.39 Å². The fourth-order valence-corrected chi connectivity index (χ4v) is 3.46. The second-order valence-electron chi connectivity index (χ2n) is 6.39. The SMILES string of the molecule is O=C(CN1CCN(Cc2cccc(Cl)c2)CC1)Nc1cc(F)cc(Cl)c1. The Labute approximate surface area is 162 Å². The number of anilines is 1. The maximum atomic E-state index is 13.3. The second kappa shape index (κ2) is 8.82. The van der Waals surface area contributed by atoms with Crippen molar-refractivity contribution < 1.29 is 9.18 Å². The molecule has 2 aromatic carbocycles. The molecule has 1 heterocycles. The molecule has 0 unspecified atom stereocenters. The molecular weight excluding hydrogens is 376 g/mol. The van der Waals surface area contributed by atoms with Crippen molar-refractivity contribution in [2.24, 2.45) is 0 Å². The number of nitrogens with zero attached hydrogens (tertiary/aromatic N) is 2. The first-order valence-corrected chi connectivity index (χ1v) is 9.18. The number of benzene rings is 2. The highest BCUT2D eigenvalue weighted by Gasteiger charge is 2.19. The summed E-state index contributed by atoms with van der Waals surface area (Å²) in [4.78, 5) is 16.6. The molecule has 138 valence electrons. The van der Waals surface area contributed by atoms with E-state index in [0.29, 0.717) is 5.69 Å². The standard InChI is InChI=1S/C19H20Cl2FN3O/c20-15-3-1-2-14(8-15)12-24-4-6-25(7-5-24)13-19(26)23-18-10-16(21)9-17(22)11-18/h1-3,8-11H,4-7,12-13H2,(H,23,26). The van der Waals surface area contributed by atoms with Crippen LogP contribution in [0.3, 0.4) is 0 Å². The predicted molar refractivity (Wildman–Crippen MR) is 103 cm³/mol. The van der Waals surface area contributed by atoms with Crippen LogP contribution in [0.25, 0.3) is 0 Å². The van der Waals surface area contributed by atoms with Crippen molar-refractivity contribution in [3.63, 3.8) is 0 Å². The summed E-state index contributed by atoms with van der Waals surface area (Å²) in [5.74, 6) is -0.641. The highest BCUT2D eigenvalue weighted by atomic mass is 35.5. The number of hydrogen-bond donors (Lipinski definition) is 1. The third-order valence-electron chi connectivity index (χ3n) is 4.27. The van der Waals surface area contributed by atoms with Crippen molar-refractivity contribution in [2.45, 2.75) is 6.54 Å². The van der Waals surface area contributed by atoms with Crippen molar-refractivity contribution in [1.82, 2.24) is 9.80 Å². The molecule has 0 spiro atoms. The maximum absolute atomic E-state index is 13.3. The summed E-state index contributed by atoms with van der Waals surface area (Å²) in [6, 6.07) is 11.9. The molecule has 0 aromatic heterocycles. The van der Waals surface area contributed by atoms with Crippen LogP contribution in [-0.2, 0) is 11.3 Å². The lowest BCUT2D eigenvalue weighted by atomic mass is 10.2. The number of nitrogens with one attached hydrogen (secondary N) is 1. The van der Waals surface area contributed by atoms with Crippen LogP contribution in [-0.4, -0.2) is 48.4 Å². The van der Waals surface area contributed by atoms with Gasteiger partial charge in [-0.3, -0.25) is 14.6 Å². The van der Waals surface area contributed by atoms with Gasteiger partial charge in [0.15, 0.2) is 0 Å². The van der Waals surface area contributed by atoms with Gasteiger partial charge in [0.1, 0.15) is 5.82 Å². The summed E-state index contributed by atoms with van der Waals surface area (Å²) in [5, 5.41) is 3.70. The molecule has 1 saturated heterocycles. The van der Waals surface area contributed by atoms with E-state index in [1.54, 1.807) is 0 Å². The molecule has 4 nitrogen and oxygen atoms in total. The van der Waals surface area contributed by atoms with E-state index in [-0.39, 0.29) is 17.5 Å². The molecule has 1 amide bonds. The van der Waals surface area contributed by atoms with Crippen LogP contribution in [0.2, 0.25) is 10.0 Å². The zero-order valence-corrected chi connectivity index (χ0v) is 15.7. The zero-order chi connectivity index (χ0) is 18.5. The van der Waals surface area contributed by atoms with E-state index in [1.165, 1.54) is 23.8 Å². The molecule has 0 saturated carbocycles. The van der Waals surface area contributed by atoms with E-state index in [1.807, 2.05) is 18.2 Å². The van der Waals surface area contributed by atoms with Gasteiger partial charge in [0.05, 0.1) is 6.54 Å². The molecule has 1 aliphatic heterocycles. The fraction of sp³-hybridized carbons (Fsp3) is 0.316. The summed E-state index contributed by atoms with van der Waals surface area (Å²) in [6.07, 6.45) is 0. The van der Waals surface area contributed by atoms with E-state index in [2.05, 4.69) is 21.2 Å². The van der Waals surface area contributed by atoms with Gasteiger partial charge in [0, 0.05) is 48.5 Å². The van der Waals surface area contributed by atoms with Gasteiger partial charge >= 0.3 is 0 Å². The minimum absolute atomic E-state index is 0.171. The molecule has 1 N–H and O–H groups in total. The van der Waals surface area contributed by atoms with Gasteiger partial charge in [-0.2, -0.15) is 0 Å². The lowest BCUT2D eigenvalue weighted by Gasteiger charge is -2.34. The number of rotatable bonds is 5. The molecule has 0 radical (unpaired) electrons. The largest absolute Gasteiger partial charge is 0.325 e. The monoisotopic (exact) mass is 395 g/mol. The molecule has 1 aliphatic rings. The molecule has 0 bridgehead atoms. The number of piperazine rings is 1. The number of halogens is 3. The topological polar surface area (TPSA) is 35.6 Å². The van der Waals surface area contributed by atoms with Gasteiger partial charge in [-0.05, 0) is 35.9 Å². The Morgan fingerprint density at radius 3 is 2.42 bits per heavy atom. The van der Waals surface area contributed by atoms with Crippen LogP contribution in [0, 0.1) is 5.82 Å². The lowest BCUT2D eigenvalue weighted by Crippen LogP contribution is -2.48. The van der Waals surface area contributed by atoms with Crippen molar-refractivity contribution in [3.8, 4) is 0 Å². The maximum Gasteiger partial charge on any atom is 0.238 e. The minimum atomic E-state index is -0.470. The molecule has 3 rings (SSSR count). The van der Waals surface area contributed by atoms with Gasteiger partial charge in [-0.15, -0.1) is 0 Å². The molecular formula is C19H20Cl2FN3O.